The number of halogens is 2. The van der Waals surface area contributed by atoms with E-state index in [0.29, 0.717) is 11.3 Å². The van der Waals surface area contributed by atoms with Crippen LogP contribution in [0.4, 0.5) is 8.78 Å². The Morgan fingerprint density at radius 1 is 1.24 bits per heavy atom. The molecule has 0 saturated heterocycles. The highest BCUT2D eigenvalue weighted by atomic mass is 19.1. The number of carbonyl (C=O) groups is 1. The van der Waals surface area contributed by atoms with Gasteiger partial charge in [0.15, 0.2) is 0 Å². The monoisotopic (exact) mass is 343 g/mol. The average Bonchev–Trinajstić information content (AvgIpc) is 2.89. The van der Waals surface area contributed by atoms with Crippen LogP contribution in [0.5, 0.6) is 0 Å². The normalized spacial score (nSPS) is 12.3. The Morgan fingerprint density at radius 3 is 2.76 bits per heavy atom. The molecule has 1 amide bonds. The van der Waals surface area contributed by atoms with Gasteiger partial charge in [0.25, 0.3) is 0 Å². The lowest BCUT2D eigenvalue weighted by atomic mass is 10.0. The summed E-state index contributed by atoms with van der Waals surface area (Å²) in [5, 5.41) is 8.13. The SMILES string of the molecule is C[C@@H](CNC(=O)Cc1nn(C)c2ccccc12)c1ccc(F)cc1F. The van der Waals surface area contributed by atoms with Crippen LogP contribution in [0.15, 0.2) is 42.5 Å². The molecular formula is C19H19F2N3O. The van der Waals surface area contributed by atoms with E-state index in [0.717, 1.165) is 17.0 Å². The van der Waals surface area contributed by atoms with Gasteiger partial charge in [-0.3, -0.25) is 9.48 Å². The predicted molar refractivity (Wildman–Crippen MR) is 92.2 cm³/mol. The first kappa shape index (κ1) is 17.1. The van der Waals surface area contributed by atoms with Gasteiger partial charge in [-0.25, -0.2) is 8.78 Å². The van der Waals surface area contributed by atoms with E-state index in [4.69, 9.17) is 0 Å². The molecule has 1 atom stereocenters. The highest BCUT2D eigenvalue weighted by molar-refractivity contribution is 5.87. The van der Waals surface area contributed by atoms with Gasteiger partial charge < -0.3 is 5.32 Å². The number of aromatic nitrogens is 2. The molecule has 2 aromatic carbocycles. The maximum atomic E-state index is 13.8. The highest BCUT2D eigenvalue weighted by Crippen LogP contribution is 2.20. The van der Waals surface area contributed by atoms with Crippen molar-refractivity contribution in [3.63, 3.8) is 0 Å². The molecule has 130 valence electrons. The number of hydrogen-bond acceptors (Lipinski definition) is 2. The van der Waals surface area contributed by atoms with Gasteiger partial charge in [0.1, 0.15) is 11.6 Å². The smallest absolute Gasteiger partial charge is 0.226 e. The van der Waals surface area contributed by atoms with Gasteiger partial charge in [0.05, 0.1) is 17.6 Å². The van der Waals surface area contributed by atoms with Crippen molar-refractivity contribution >= 4 is 16.8 Å². The second kappa shape index (κ2) is 7.01. The largest absolute Gasteiger partial charge is 0.355 e. The van der Waals surface area contributed by atoms with Crippen molar-refractivity contribution in [1.29, 1.82) is 0 Å². The minimum Gasteiger partial charge on any atom is -0.355 e. The summed E-state index contributed by atoms with van der Waals surface area (Å²) in [4.78, 5) is 12.2. The first-order chi connectivity index (χ1) is 12.0. The molecule has 0 aliphatic heterocycles. The quantitative estimate of drug-likeness (QED) is 0.773. The average molecular weight is 343 g/mol. The third kappa shape index (κ3) is 3.68. The van der Waals surface area contributed by atoms with Crippen LogP contribution in [-0.4, -0.2) is 22.2 Å². The maximum Gasteiger partial charge on any atom is 0.226 e. The molecule has 0 saturated carbocycles. The van der Waals surface area contributed by atoms with E-state index in [-0.39, 0.29) is 24.8 Å². The first-order valence-electron chi connectivity index (χ1n) is 8.08. The van der Waals surface area contributed by atoms with Crippen LogP contribution in [0.1, 0.15) is 24.1 Å². The number of amides is 1. The first-order valence-corrected chi connectivity index (χ1v) is 8.08. The standard InChI is InChI=1S/C19H19F2N3O/c1-12(14-8-7-13(20)9-16(14)21)11-22-19(25)10-17-15-5-3-4-6-18(15)24(2)23-17/h3-9,12H,10-11H2,1-2H3,(H,22,25)/t12-/m0/s1. The van der Waals surface area contributed by atoms with Crippen LogP contribution in [0.2, 0.25) is 0 Å². The fourth-order valence-corrected chi connectivity index (χ4v) is 2.91. The fraction of sp³-hybridized carbons (Fsp3) is 0.263. The molecule has 1 aromatic heterocycles. The third-order valence-electron chi connectivity index (χ3n) is 4.26. The topological polar surface area (TPSA) is 46.9 Å². The van der Waals surface area contributed by atoms with Crippen LogP contribution in [-0.2, 0) is 18.3 Å². The molecule has 3 rings (SSSR count). The molecule has 4 nitrogen and oxygen atoms in total. The van der Waals surface area contributed by atoms with Crippen molar-refractivity contribution in [1.82, 2.24) is 15.1 Å². The number of hydrogen-bond donors (Lipinski definition) is 1. The highest BCUT2D eigenvalue weighted by Gasteiger charge is 2.15. The summed E-state index contributed by atoms with van der Waals surface area (Å²) >= 11 is 0. The van der Waals surface area contributed by atoms with Crippen molar-refractivity contribution in [2.75, 3.05) is 6.54 Å². The molecule has 1 N–H and O–H groups in total. The summed E-state index contributed by atoms with van der Waals surface area (Å²) in [6, 6.07) is 11.2. The summed E-state index contributed by atoms with van der Waals surface area (Å²) in [5.74, 6) is -1.65. The van der Waals surface area contributed by atoms with E-state index < -0.39 is 11.6 Å². The van der Waals surface area contributed by atoms with Crippen molar-refractivity contribution in [3.05, 3.63) is 65.4 Å². The van der Waals surface area contributed by atoms with Crippen LogP contribution in [0, 0.1) is 11.6 Å². The number of carbonyl (C=O) groups excluding carboxylic acids is 1. The summed E-state index contributed by atoms with van der Waals surface area (Å²) in [5.41, 5.74) is 2.05. The number of rotatable bonds is 5. The molecule has 0 unspecified atom stereocenters. The van der Waals surface area contributed by atoms with E-state index in [1.807, 2.05) is 31.3 Å². The molecule has 0 aliphatic rings. The Bertz CT molecular complexity index is 920. The summed E-state index contributed by atoms with van der Waals surface area (Å²) in [6.07, 6.45) is 0.153. The Labute approximate surface area is 144 Å². The number of nitrogens with one attached hydrogen (secondary N) is 1. The fourth-order valence-electron chi connectivity index (χ4n) is 2.91. The summed E-state index contributed by atoms with van der Waals surface area (Å²) in [7, 11) is 1.84. The van der Waals surface area contributed by atoms with Gasteiger partial charge in [-0.2, -0.15) is 5.10 Å². The third-order valence-corrected chi connectivity index (χ3v) is 4.26. The van der Waals surface area contributed by atoms with Crippen LogP contribution < -0.4 is 5.32 Å². The van der Waals surface area contributed by atoms with Crippen LogP contribution in [0.25, 0.3) is 10.9 Å². The molecule has 0 bridgehead atoms. The minimum absolute atomic E-state index is 0.153. The number of nitrogens with zero attached hydrogens (tertiary/aromatic N) is 2. The summed E-state index contributed by atoms with van der Waals surface area (Å²) in [6.45, 7) is 2.05. The van der Waals surface area contributed by atoms with E-state index in [2.05, 4.69) is 10.4 Å². The molecule has 3 aromatic rings. The predicted octanol–water partition coefficient (Wildman–Crippen LogP) is 3.31. The van der Waals surface area contributed by atoms with Gasteiger partial charge in [0.2, 0.25) is 5.91 Å². The lowest BCUT2D eigenvalue weighted by molar-refractivity contribution is -0.120. The molecule has 1 heterocycles. The molecule has 25 heavy (non-hydrogen) atoms. The molecule has 0 aliphatic carbocycles. The number of para-hydroxylation sites is 1. The lowest BCUT2D eigenvalue weighted by Gasteiger charge is -2.14. The Balaban J connectivity index is 1.64. The van der Waals surface area contributed by atoms with E-state index in [1.165, 1.54) is 12.1 Å². The summed E-state index contributed by atoms with van der Waals surface area (Å²) < 4.78 is 28.5. The van der Waals surface area contributed by atoms with Gasteiger partial charge in [-0.15, -0.1) is 0 Å². The van der Waals surface area contributed by atoms with Gasteiger partial charge >= 0.3 is 0 Å². The Morgan fingerprint density at radius 2 is 2.00 bits per heavy atom. The Hall–Kier alpha value is -2.76. The van der Waals surface area contributed by atoms with Crippen LogP contribution in [0.3, 0.4) is 0 Å². The van der Waals surface area contributed by atoms with Gasteiger partial charge in [0, 0.05) is 31.0 Å². The maximum absolute atomic E-state index is 13.8. The molecule has 0 spiro atoms. The number of benzene rings is 2. The van der Waals surface area contributed by atoms with Crippen molar-refractivity contribution in [3.8, 4) is 0 Å². The van der Waals surface area contributed by atoms with Crippen molar-refractivity contribution in [2.24, 2.45) is 7.05 Å². The van der Waals surface area contributed by atoms with Crippen molar-refractivity contribution < 1.29 is 13.6 Å². The van der Waals surface area contributed by atoms with Gasteiger partial charge in [-0.1, -0.05) is 31.2 Å². The zero-order valence-corrected chi connectivity index (χ0v) is 14.1. The Kier molecular flexibility index (Phi) is 4.79. The second-order valence-corrected chi connectivity index (χ2v) is 6.14. The van der Waals surface area contributed by atoms with E-state index in [1.54, 1.807) is 11.6 Å². The van der Waals surface area contributed by atoms with Crippen LogP contribution >= 0.6 is 0 Å². The molecule has 0 radical (unpaired) electrons. The molecule has 0 fully saturated rings. The minimum atomic E-state index is -0.612. The van der Waals surface area contributed by atoms with E-state index in [9.17, 15) is 13.6 Å². The second-order valence-electron chi connectivity index (χ2n) is 6.14. The molecule has 6 heteroatoms. The zero-order valence-electron chi connectivity index (χ0n) is 14.1. The molecular weight excluding hydrogens is 324 g/mol. The van der Waals surface area contributed by atoms with Gasteiger partial charge in [-0.05, 0) is 17.7 Å². The van der Waals surface area contributed by atoms with Crippen molar-refractivity contribution in [2.45, 2.75) is 19.3 Å². The number of fused-ring (bicyclic) bond motifs is 1. The lowest BCUT2D eigenvalue weighted by Crippen LogP contribution is -2.29. The van der Waals surface area contributed by atoms with E-state index >= 15 is 0 Å². The number of aryl methyl sites for hydroxylation is 1. The zero-order chi connectivity index (χ0) is 18.0.